The van der Waals surface area contributed by atoms with Crippen LogP contribution in [0, 0.1) is 0 Å². The number of carbonyl (C=O) groups is 1. The van der Waals surface area contributed by atoms with E-state index in [1.807, 2.05) is 6.08 Å². The zero-order chi connectivity index (χ0) is 8.36. The Morgan fingerprint density at radius 3 is 2.27 bits per heavy atom. The molecule has 0 aromatic carbocycles. The van der Waals surface area contributed by atoms with Gasteiger partial charge >= 0.3 is 0 Å². The van der Waals surface area contributed by atoms with E-state index < -0.39 is 0 Å². The lowest BCUT2D eigenvalue weighted by molar-refractivity contribution is -0.107. The number of aliphatic hydroxyl groups excluding tert-OH is 1. The third kappa shape index (κ3) is 9.37. The van der Waals surface area contributed by atoms with Gasteiger partial charge < -0.3 is 9.90 Å². The molecule has 0 aromatic heterocycles. The van der Waals surface area contributed by atoms with Crippen molar-refractivity contribution in [3.63, 3.8) is 0 Å². The predicted octanol–water partition coefficient (Wildman–Crippen LogP) is 1.68. The molecule has 0 amide bonds. The Morgan fingerprint density at radius 1 is 1.00 bits per heavy atom. The Hall–Kier alpha value is -0.630. The van der Waals surface area contributed by atoms with Gasteiger partial charge in [-0.25, -0.2) is 0 Å². The van der Waals surface area contributed by atoms with E-state index in [4.69, 9.17) is 5.11 Å². The number of aliphatic hydroxyl groups is 1. The van der Waals surface area contributed by atoms with Crippen molar-refractivity contribution in [1.82, 2.24) is 0 Å². The number of rotatable bonds is 7. The Balaban J connectivity index is 2.94. The third-order valence-electron chi connectivity index (χ3n) is 1.41. The van der Waals surface area contributed by atoms with Crippen LogP contribution in [-0.4, -0.2) is 18.0 Å². The summed E-state index contributed by atoms with van der Waals surface area (Å²) >= 11 is 0. The zero-order valence-electron chi connectivity index (χ0n) is 6.83. The van der Waals surface area contributed by atoms with Gasteiger partial charge in [-0.15, -0.1) is 0 Å². The number of allylic oxidation sites excluding steroid dienone is 1. The van der Waals surface area contributed by atoms with Crippen molar-refractivity contribution in [2.45, 2.75) is 32.1 Å². The van der Waals surface area contributed by atoms with Crippen LogP contribution in [0.25, 0.3) is 0 Å². The monoisotopic (exact) mass is 156 g/mol. The first-order valence-electron chi connectivity index (χ1n) is 4.11. The van der Waals surface area contributed by atoms with Gasteiger partial charge in [-0.1, -0.05) is 12.2 Å². The van der Waals surface area contributed by atoms with Crippen LogP contribution in [0.5, 0.6) is 0 Å². The molecular formula is C9H16O2. The quantitative estimate of drug-likeness (QED) is 0.346. The smallest absolute Gasteiger partial charge is 0.119 e. The highest BCUT2D eigenvalue weighted by Gasteiger charge is 1.83. The van der Waals surface area contributed by atoms with Crippen LogP contribution >= 0.6 is 0 Å². The highest BCUT2D eigenvalue weighted by Crippen LogP contribution is 1.98. The molecule has 0 aromatic rings. The lowest BCUT2D eigenvalue weighted by Crippen LogP contribution is -1.78. The first-order valence-corrected chi connectivity index (χ1v) is 4.11. The Kier molecular flexibility index (Phi) is 8.83. The van der Waals surface area contributed by atoms with Gasteiger partial charge in [-0.05, 0) is 25.7 Å². The van der Waals surface area contributed by atoms with Crippen molar-refractivity contribution < 1.29 is 9.90 Å². The van der Waals surface area contributed by atoms with E-state index in [2.05, 4.69) is 6.08 Å². The molecule has 0 saturated heterocycles. The molecule has 0 bridgehead atoms. The van der Waals surface area contributed by atoms with E-state index in [1.54, 1.807) is 0 Å². The average molecular weight is 156 g/mol. The minimum atomic E-state index is 0.227. The van der Waals surface area contributed by atoms with Crippen LogP contribution in [0.15, 0.2) is 12.2 Å². The Morgan fingerprint density at radius 2 is 1.64 bits per heavy atom. The van der Waals surface area contributed by atoms with Crippen LogP contribution in [0.4, 0.5) is 0 Å². The van der Waals surface area contributed by atoms with Crippen molar-refractivity contribution in [1.29, 1.82) is 0 Å². The normalized spacial score (nSPS) is 10.6. The fraction of sp³-hybridized carbons (Fsp3) is 0.667. The molecule has 0 unspecified atom stereocenters. The summed E-state index contributed by atoms with van der Waals surface area (Å²) in [6, 6.07) is 0. The molecule has 2 nitrogen and oxygen atoms in total. The highest BCUT2D eigenvalue weighted by atomic mass is 16.2. The minimum absolute atomic E-state index is 0.227. The second kappa shape index (κ2) is 9.37. The van der Waals surface area contributed by atoms with E-state index in [9.17, 15) is 4.79 Å². The van der Waals surface area contributed by atoms with Gasteiger partial charge in [0.2, 0.25) is 0 Å². The molecule has 64 valence electrons. The summed E-state index contributed by atoms with van der Waals surface area (Å²) in [6.07, 6.45) is 9.47. The second-order valence-electron chi connectivity index (χ2n) is 2.43. The van der Waals surface area contributed by atoms with Crippen LogP contribution in [0.2, 0.25) is 0 Å². The van der Waals surface area contributed by atoms with Gasteiger partial charge in [-0.3, -0.25) is 0 Å². The number of unbranched alkanes of at least 4 members (excludes halogenated alkanes) is 3. The van der Waals surface area contributed by atoms with Crippen molar-refractivity contribution in [2.75, 3.05) is 6.61 Å². The minimum Gasteiger partial charge on any atom is -0.396 e. The lowest BCUT2D eigenvalue weighted by Gasteiger charge is -1.90. The fourth-order valence-electron chi connectivity index (χ4n) is 0.800. The van der Waals surface area contributed by atoms with Crippen LogP contribution in [-0.2, 0) is 4.79 Å². The average Bonchev–Trinajstić information content (AvgIpc) is 2.03. The molecule has 0 aliphatic heterocycles. The molecule has 0 aliphatic carbocycles. The van der Waals surface area contributed by atoms with Gasteiger partial charge in [0, 0.05) is 13.0 Å². The molecule has 0 saturated carbocycles. The van der Waals surface area contributed by atoms with Crippen molar-refractivity contribution in [3.05, 3.63) is 12.2 Å². The summed E-state index contributed by atoms with van der Waals surface area (Å²) in [5.41, 5.74) is 0. The fourth-order valence-corrected chi connectivity index (χ4v) is 0.800. The molecule has 0 radical (unpaired) electrons. The number of hydrogen-bond acceptors (Lipinski definition) is 2. The summed E-state index contributed by atoms with van der Waals surface area (Å²) in [5, 5.41) is 8.41. The molecule has 0 rings (SSSR count). The Labute approximate surface area is 67.9 Å². The second-order valence-corrected chi connectivity index (χ2v) is 2.43. The topological polar surface area (TPSA) is 37.3 Å². The van der Waals surface area contributed by atoms with E-state index in [-0.39, 0.29) is 6.61 Å². The van der Waals surface area contributed by atoms with E-state index in [1.165, 1.54) is 0 Å². The molecule has 1 N–H and O–H groups in total. The SMILES string of the molecule is O=CCCCCC=CCCO. The summed E-state index contributed by atoms with van der Waals surface area (Å²) in [6.45, 7) is 0.227. The third-order valence-corrected chi connectivity index (χ3v) is 1.41. The largest absolute Gasteiger partial charge is 0.396 e. The molecular weight excluding hydrogens is 140 g/mol. The molecule has 0 heterocycles. The van der Waals surface area contributed by atoms with Crippen LogP contribution in [0.3, 0.4) is 0 Å². The van der Waals surface area contributed by atoms with E-state index >= 15 is 0 Å². The van der Waals surface area contributed by atoms with Crippen molar-refractivity contribution in [3.8, 4) is 0 Å². The number of aldehydes is 1. The first kappa shape index (κ1) is 10.4. The molecule has 2 heteroatoms. The lowest BCUT2D eigenvalue weighted by atomic mass is 10.2. The van der Waals surface area contributed by atoms with E-state index in [0.717, 1.165) is 32.0 Å². The summed E-state index contributed by atoms with van der Waals surface area (Å²) < 4.78 is 0. The summed E-state index contributed by atoms with van der Waals surface area (Å²) in [7, 11) is 0. The maximum absolute atomic E-state index is 9.89. The number of carbonyl (C=O) groups excluding carboxylic acids is 1. The van der Waals surface area contributed by atoms with Crippen LogP contribution in [0.1, 0.15) is 32.1 Å². The van der Waals surface area contributed by atoms with Gasteiger partial charge in [-0.2, -0.15) is 0 Å². The van der Waals surface area contributed by atoms with Gasteiger partial charge in [0.15, 0.2) is 0 Å². The molecule has 0 aliphatic rings. The first-order chi connectivity index (χ1) is 5.41. The maximum Gasteiger partial charge on any atom is 0.119 e. The van der Waals surface area contributed by atoms with Crippen molar-refractivity contribution in [2.24, 2.45) is 0 Å². The molecule has 0 atom stereocenters. The van der Waals surface area contributed by atoms with Gasteiger partial charge in [0.05, 0.1) is 0 Å². The standard InChI is InChI=1S/C9H16O2/c10-8-6-4-2-1-3-5-7-9-11/h2,4,9-10H,1,3,5-8H2. The highest BCUT2D eigenvalue weighted by molar-refractivity contribution is 5.48. The van der Waals surface area contributed by atoms with Gasteiger partial charge in [0.25, 0.3) is 0 Å². The molecule has 11 heavy (non-hydrogen) atoms. The summed E-state index contributed by atoms with van der Waals surface area (Å²) in [5.74, 6) is 0. The summed E-state index contributed by atoms with van der Waals surface area (Å²) in [4.78, 5) is 9.89. The molecule has 0 spiro atoms. The maximum atomic E-state index is 9.89. The Bertz CT molecular complexity index is 108. The predicted molar refractivity (Wildman–Crippen MR) is 45.4 cm³/mol. The van der Waals surface area contributed by atoms with Crippen molar-refractivity contribution >= 4 is 6.29 Å². The number of hydrogen-bond donors (Lipinski definition) is 1. The zero-order valence-corrected chi connectivity index (χ0v) is 6.83. The van der Waals surface area contributed by atoms with Gasteiger partial charge in [0.1, 0.15) is 6.29 Å². The van der Waals surface area contributed by atoms with E-state index in [0.29, 0.717) is 6.42 Å². The molecule has 0 fully saturated rings. The van der Waals surface area contributed by atoms with Crippen LogP contribution < -0.4 is 0 Å².